The second kappa shape index (κ2) is 27.7. The molecule has 18 aromatic carbocycles. The lowest BCUT2D eigenvalue weighted by Gasteiger charge is -2.28. The van der Waals surface area contributed by atoms with Crippen LogP contribution in [0, 0.1) is 0 Å². The molecular formula is C104H66N4OS4. The Bertz CT molecular complexity index is 7570. The first-order valence-corrected chi connectivity index (χ1v) is 41.4. The summed E-state index contributed by atoms with van der Waals surface area (Å²) in [6.45, 7) is 0. The van der Waals surface area contributed by atoms with E-state index in [1.54, 1.807) is 0 Å². The van der Waals surface area contributed by atoms with E-state index in [0.29, 0.717) is 0 Å². The molecule has 23 rings (SSSR count). The number of thiophene rings is 4. The first-order chi connectivity index (χ1) is 56.0. The average Bonchev–Trinajstić information content (AvgIpc) is 1.36. The zero-order chi connectivity index (χ0) is 74.5. The van der Waals surface area contributed by atoms with Gasteiger partial charge in [0.1, 0.15) is 11.2 Å². The van der Waals surface area contributed by atoms with Crippen LogP contribution in [0.25, 0.3) is 135 Å². The van der Waals surface area contributed by atoms with E-state index >= 15 is 0 Å². The number of rotatable bonds is 13. The van der Waals surface area contributed by atoms with Crippen molar-refractivity contribution in [2.24, 2.45) is 0 Å². The van der Waals surface area contributed by atoms with Crippen molar-refractivity contribution in [2.45, 2.75) is 0 Å². The maximum absolute atomic E-state index is 6.52. The maximum atomic E-state index is 6.52. The fourth-order valence-corrected chi connectivity index (χ4v) is 21.8. The van der Waals surface area contributed by atoms with Crippen LogP contribution >= 0.6 is 45.3 Å². The molecule has 532 valence electrons. The largest absolute Gasteiger partial charge is 0.456 e. The van der Waals surface area contributed by atoms with Crippen LogP contribution < -0.4 is 19.6 Å². The van der Waals surface area contributed by atoms with Gasteiger partial charge in [0, 0.05) is 133 Å². The van der Waals surface area contributed by atoms with E-state index < -0.39 is 0 Å². The number of hydrogen-bond acceptors (Lipinski definition) is 9. The third-order valence-corrected chi connectivity index (χ3v) is 26.8. The van der Waals surface area contributed by atoms with Gasteiger partial charge in [0.05, 0.1) is 37.8 Å². The van der Waals surface area contributed by atoms with Crippen LogP contribution in [0.1, 0.15) is 0 Å². The van der Waals surface area contributed by atoms with E-state index in [9.17, 15) is 0 Å². The van der Waals surface area contributed by atoms with Crippen molar-refractivity contribution in [1.29, 1.82) is 0 Å². The molecule has 0 saturated carbocycles. The molecule has 0 N–H and O–H groups in total. The minimum atomic E-state index is 0.865. The summed E-state index contributed by atoms with van der Waals surface area (Å²) in [6.07, 6.45) is 0. The highest BCUT2D eigenvalue weighted by Crippen LogP contribution is 2.55. The van der Waals surface area contributed by atoms with E-state index in [2.05, 4.69) is 408 Å². The van der Waals surface area contributed by atoms with Gasteiger partial charge in [-0.15, -0.1) is 45.3 Å². The highest BCUT2D eigenvalue weighted by molar-refractivity contribution is 7.28. The van der Waals surface area contributed by atoms with E-state index in [4.69, 9.17) is 4.42 Å². The molecule has 0 bridgehead atoms. The van der Waals surface area contributed by atoms with Crippen molar-refractivity contribution >= 4 is 238 Å². The van der Waals surface area contributed by atoms with Crippen molar-refractivity contribution < 1.29 is 4.42 Å². The molecule has 0 aliphatic heterocycles. The Hall–Kier alpha value is -13.6. The van der Waals surface area contributed by atoms with E-state index in [1.165, 1.54) is 119 Å². The molecule has 0 amide bonds. The third kappa shape index (κ3) is 11.5. The van der Waals surface area contributed by atoms with Crippen LogP contribution in [0.15, 0.2) is 405 Å². The Kier molecular flexibility index (Phi) is 16.3. The van der Waals surface area contributed by atoms with Gasteiger partial charge in [-0.2, -0.15) is 0 Å². The number of nitrogens with zero attached hydrogens (tertiary/aromatic N) is 4. The van der Waals surface area contributed by atoms with Crippen LogP contribution in [0.4, 0.5) is 68.2 Å². The molecular weight excluding hydrogens is 1450 g/mol. The zero-order valence-corrected chi connectivity index (χ0v) is 64.2. The predicted octanol–water partition coefficient (Wildman–Crippen LogP) is 32.6. The van der Waals surface area contributed by atoms with Crippen molar-refractivity contribution in [3.8, 4) is 11.1 Å². The summed E-state index contributed by atoms with van der Waals surface area (Å²) in [5.74, 6) is 0. The number of fused-ring (bicyclic) bond motifs is 18. The molecule has 0 radical (unpaired) electrons. The summed E-state index contributed by atoms with van der Waals surface area (Å²) in [7, 11) is 0. The molecule has 0 atom stereocenters. The quantitative estimate of drug-likeness (QED) is 0.115. The van der Waals surface area contributed by atoms with Crippen LogP contribution in [0.3, 0.4) is 0 Å². The molecule has 0 aliphatic rings. The summed E-state index contributed by atoms with van der Waals surface area (Å²) >= 11 is 7.50. The number of anilines is 12. The van der Waals surface area contributed by atoms with Crippen molar-refractivity contribution in [3.05, 3.63) is 400 Å². The first kappa shape index (κ1) is 66.4. The Balaban J connectivity index is 0.000000138. The SMILES string of the molecule is c1ccc(-c2cccc(N(c3ccc4c(c3)oc3ccccc34)c3cc4ccccc4c4sc5c(N(c6ccccc6)c6ccccc6)cccc5c34)c2)cc1.c1ccc(N(c2cccc3ccccc23)c2cccc3sc4c(N(c5ccc6c(c5)sc5ccccc56)c5ccc6sc7ccccc7c6c5)cccc4c23)cc1. The molecule has 9 heteroatoms. The lowest BCUT2D eigenvalue weighted by molar-refractivity contribution is 0.669. The summed E-state index contributed by atoms with van der Waals surface area (Å²) < 4.78 is 16.8. The van der Waals surface area contributed by atoms with Gasteiger partial charge in [-0.05, 0) is 173 Å². The van der Waals surface area contributed by atoms with Gasteiger partial charge < -0.3 is 24.0 Å². The maximum Gasteiger partial charge on any atom is 0.137 e. The van der Waals surface area contributed by atoms with Gasteiger partial charge in [0.15, 0.2) is 0 Å². The number of para-hydroxylation sites is 4. The molecule has 0 saturated heterocycles. The van der Waals surface area contributed by atoms with Gasteiger partial charge >= 0.3 is 0 Å². The second-order valence-corrected chi connectivity index (χ2v) is 32.8. The summed E-state index contributed by atoms with van der Waals surface area (Å²) in [4.78, 5) is 9.76. The smallest absolute Gasteiger partial charge is 0.137 e. The minimum Gasteiger partial charge on any atom is -0.456 e. The first-order valence-electron chi connectivity index (χ1n) is 38.1. The molecule has 23 aromatic rings. The molecule has 113 heavy (non-hydrogen) atoms. The van der Waals surface area contributed by atoms with Crippen LogP contribution in [-0.2, 0) is 0 Å². The Labute approximate surface area is 668 Å². The number of benzene rings is 18. The highest BCUT2D eigenvalue weighted by atomic mass is 32.1. The standard InChI is InChI=1S/C52H34N2OS.C52H32N2S3/c1-4-16-35(17-5-1)36-19-14-24-40(32-36)54(41-30-31-44-43-26-12-13-29-48(43)55-49(44)34-41)47-33-37-18-10-11-25-42(37)52-50(47)45-27-15-28-46(51(45)56-52)53(38-20-6-2-7-21-38)39-22-8-3-9-23-39;1-2-15-34(16-3-1)54(43-21-10-14-33-13-4-5-17-37(33)43)44-22-12-26-49-51(44)41-20-11-23-45(52(41)57-49)53(35-28-30-48-42(31-35)39-19-7-9-25-47(39)55-48)36-27-29-40-38-18-6-8-24-46(38)56-50(40)32-36/h1-34H;1-32H. The fourth-order valence-electron chi connectivity index (χ4n) is 17.0. The third-order valence-electron chi connectivity index (χ3n) is 22.0. The summed E-state index contributed by atoms with van der Waals surface area (Å²) in [5, 5.41) is 17.3. The Morgan fingerprint density at radius 1 is 0.177 bits per heavy atom. The lowest BCUT2D eigenvalue weighted by Crippen LogP contribution is -2.11. The fraction of sp³-hybridized carbons (Fsp3) is 0. The molecule has 0 spiro atoms. The van der Waals surface area contributed by atoms with E-state index in [-0.39, 0.29) is 0 Å². The number of furan rings is 1. The Morgan fingerprint density at radius 2 is 0.611 bits per heavy atom. The second-order valence-electron chi connectivity index (χ2n) is 28.6. The van der Waals surface area contributed by atoms with Gasteiger partial charge in [-0.1, -0.05) is 249 Å². The van der Waals surface area contributed by atoms with E-state index in [1.807, 2.05) is 57.5 Å². The lowest BCUT2D eigenvalue weighted by atomic mass is 10.0. The van der Waals surface area contributed by atoms with Crippen molar-refractivity contribution in [3.63, 3.8) is 0 Å². The van der Waals surface area contributed by atoms with Gasteiger partial charge in [0.2, 0.25) is 0 Å². The van der Waals surface area contributed by atoms with Crippen molar-refractivity contribution in [1.82, 2.24) is 0 Å². The van der Waals surface area contributed by atoms with Crippen LogP contribution in [0.5, 0.6) is 0 Å². The van der Waals surface area contributed by atoms with Gasteiger partial charge in [-0.3, -0.25) is 0 Å². The summed E-state index contributed by atoms with van der Waals surface area (Å²) in [5.41, 5.74) is 17.7. The molecule has 5 aromatic heterocycles. The zero-order valence-electron chi connectivity index (χ0n) is 60.9. The molecule has 5 heterocycles. The average molecular weight is 1520 g/mol. The van der Waals surface area contributed by atoms with Crippen molar-refractivity contribution in [2.75, 3.05) is 19.6 Å². The topological polar surface area (TPSA) is 26.1 Å². The Morgan fingerprint density at radius 3 is 1.35 bits per heavy atom. The molecule has 0 aliphatic carbocycles. The molecule has 5 nitrogen and oxygen atoms in total. The van der Waals surface area contributed by atoms with Crippen LogP contribution in [0.2, 0.25) is 0 Å². The van der Waals surface area contributed by atoms with Gasteiger partial charge in [0.25, 0.3) is 0 Å². The van der Waals surface area contributed by atoms with Gasteiger partial charge in [-0.25, -0.2) is 0 Å². The number of hydrogen-bond donors (Lipinski definition) is 0. The van der Waals surface area contributed by atoms with E-state index in [0.717, 1.165) is 84.4 Å². The minimum absolute atomic E-state index is 0.865. The summed E-state index contributed by atoms with van der Waals surface area (Å²) in [6, 6.07) is 145. The molecule has 0 fully saturated rings. The monoisotopic (exact) mass is 1510 g/mol. The normalized spacial score (nSPS) is 11.7. The molecule has 0 unspecified atom stereocenters. The highest BCUT2D eigenvalue weighted by Gasteiger charge is 2.28. The van der Waals surface area contributed by atoms with Crippen LogP contribution in [-0.4, -0.2) is 0 Å². The predicted molar refractivity (Wildman–Crippen MR) is 491 cm³/mol.